The van der Waals surface area contributed by atoms with E-state index in [0.29, 0.717) is 11.4 Å². The molecule has 2 aromatic rings. The molecule has 0 aliphatic carbocycles. The number of nitrogens with zero attached hydrogens (tertiary/aromatic N) is 2. The largest absolute Gasteiger partial charge is 0.496 e. The number of rotatable bonds is 4. The minimum Gasteiger partial charge on any atom is -0.496 e. The lowest BCUT2D eigenvalue weighted by Crippen LogP contribution is -2.17. The summed E-state index contributed by atoms with van der Waals surface area (Å²) in [4.78, 5) is 8.11. The summed E-state index contributed by atoms with van der Waals surface area (Å²) in [5.41, 5.74) is 6.65. The van der Waals surface area contributed by atoms with Gasteiger partial charge >= 0.3 is 0 Å². The van der Waals surface area contributed by atoms with Crippen LogP contribution in [0.1, 0.15) is 17.3 Å². The third kappa shape index (κ3) is 2.48. The highest BCUT2D eigenvalue weighted by atomic mass is 19.1. The van der Waals surface area contributed by atoms with Crippen LogP contribution in [0.15, 0.2) is 30.6 Å². The minimum absolute atomic E-state index is 0.226. The topological polar surface area (TPSA) is 70.3 Å². The number of halogens is 1. The fourth-order valence-electron chi connectivity index (χ4n) is 1.84. The van der Waals surface area contributed by atoms with Crippen LogP contribution in [-0.4, -0.2) is 24.2 Å². The lowest BCUT2D eigenvalue weighted by Gasteiger charge is -2.17. The molecule has 0 fully saturated rings. The molecule has 0 saturated heterocycles. The Morgan fingerprint density at radius 1 is 1.16 bits per heavy atom. The van der Waals surface area contributed by atoms with Crippen LogP contribution in [0.5, 0.6) is 11.6 Å². The molecule has 6 heteroatoms. The minimum atomic E-state index is -0.820. The molecule has 0 radical (unpaired) electrons. The van der Waals surface area contributed by atoms with E-state index in [1.54, 1.807) is 12.1 Å². The molecule has 100 valence electrons. The molecule has 0 amide bonds. The van der Waals surface area contributed by atoms with Gasteiger partial charge in [-0.3, -0.25) is 4.98 Å². The van der Waals surface area contributed by atoms with Crippen molar-refractivity contribution in [3.63, 3.8) is 0 Å². The van der Waals surface area contributed by atoms with Gasteiger partial charge in [0.1, 0.15) is 17.3 Å². The predicted octanol–water partition coefficient (Wildman–Crippen LogP) is 1.68. The van der Waals surface area contributed by atoms with Crippen molar-refractivity contribution in [3.05, 3.63) is 47.7 Å². The molecule has 0 spiro atoms. The standard InChI is InChI=1S/C13H14FN3O2/c1-18-9-5-3-4-8(14)10(9)11(15)12-13(19-2)17-7-6-16-12/h3-7,11H,15H2,1-2H3. The van der Waals surface area contributed by atoms with E-state index in [-0.39, 0.29) is 11.4 Å². The van der Waals surface area contributed by atoms with Crippen LogP contribution >= 0.6 is 0 Å². The average molecular weight is 263 g/mol. The van der Waals surface area contributed by atoms with Gasteiger partial charge < -0.3 is 15.2 Å². The average Bonchev–Trinajstić information content (AvgIpc) is 2.46. The van der Waals surface area contributed by atoms with Crippen molar-refractivity contribution < 1.29 is 13.9 Å². The number of hydrogen-bond donors (Lipinski definition) is 1. The highest BCUT2D eigenvalue weighted by Gasteiger charge is 2.23. The molecule has 5 nitrogen and oxygen atoms in total. The monoisotopic (exact) mass is 263 g/mol. The maximum absolute atomic E-state index is 14.0. The molecule has 1 heterocycles. The SMILES string of the molecule is COc1cccc(F)c1C(N)c1nccnc1OC. The van der Waals surface area contributed by atoms with Crippen molar-refractivity contribution in [1.82, 2.24) is 9.97 Å². The van der Waals surface area contributed by atoms with Gasteiger partial charge in [-0.2, -0.15) is 0 Å². The fraction of sp³-hybridized carbons (Fsp3) is 0.231. The van der Waals surface area contributed by atoms with Crippen molar-refractivity contribution in [2.75, 3.05) is 14.2 Å². The van der Waals surface area contributed by atoms with Crippen LogP contribution < -0.4 is 15.2 Å². The Hall–Kier alpha value is -2.21. The van der Waals surface area contributed by atoms with Gasteiger partial charge in [0.2, 0.25) is 5.88 Å². The molecule has 0 aliphatic heterocycles. The van der Waals surface area contributed by atoms with Crippen molar-refractivity contribution in [3.8, 4) is 11.6 Å². The van der Waals surface area contributed by atoms with E-state index < -0.39 is 11.9 Å². The molecule has 2 N–H and O–H groups in total. The first-order valence-electron chi connectivity index (χ1n) is 5.62. The third-order valence-corrected chi connectivity index (χ3v) is 2.72. The molecular formula is C13H14FN3O2. The first kappa shape index (κ1) is 13.2. The van der Waals surface area contributed by atoms with Gasteiger partial charge in [-0.15, -0.1) is 0 Å². The molecule has 0 saturated carbocycles. The van der Waals surface area contributed by atoms with E-state index >= 15 is 0 Å². The fourth-order valence-corrected chi connectivity index (χ4v) is 1.84. The lowest BCUT2D eigenvalue weighted by atomic mass is 10.0. The summed E-state index contributed by atoms with van der Waals surface area (Å²) < 4.78 is 24.2. The quantitative estimate of drug-likeness (QED) is 0.908. The molecule has 1 atom stereocenters. The van der Waals surface area contributed by atoms with E-state index in [0.717, 1.165) is 0 Å². The van der Waals surface area contributed by atoms with Gasteiger partial charge in [0, 0.05) is 12.4 Å². The second-order valence-corrected chi connectivity index (χ2v) is 3.78. The smallest absolute Gasteiger partial charge is 0.237 e. The molecule has 0 aliphatic rings. The molecule has 1 aromatic carbocycles. The number of aromatic nitrogens is 2. The Morgan fingerprint density at radius 3 is 2.58 bits per heavy atom. The molecule has 19 heavy (non-hydrogen) atoms. The van der Waals surface area contributed by atoms with Crippen LogP contribution in [-0.2, 0) is 0 Å². The molecule has 2 rings (SSSR count). The van der Waals surface area contributed by atoms with Crippen LogP contribution in [0.3, 0.4) is 0 Å². The van der Waals surface area contributed by atoms with Crippen molar-refractivity contribution in [1.29, 1.82) is 0 Å². The van der Waals surface area contributed by atoms with E-state index in [4.69, 9.17) is 15.2 Å². The Kier molecular flexibility index (Phi) is 3.91. The maximum atomic E-state index is 14.0. The van der Waals surface area contributed by atoms with E-state index in [9.17, 15) is 4.39 Å². The third-order valence-electron chi connectivity index (χ3n) is 2.72. The summed E-state index contributed by atoms with van der Waals surface area (Å²) in [5, 5.41) is 0. The molecule has 0 bridgehead atoms. The van der Waals surface area contributed by atoms with Crippen molar-refractivity contribution >= 4 is 0 Å². The normalized spacial score (nSPS) is 12.0. The van der Waals surface area contributed by atoms with Gasteiger partial charge in [0.15, 0.2) is 0 Å². The van der Waals surface area contributed by atoms with Crippen molar-refractivity contribution in [2.45, 2.75) is 6.04 Å². The number of hydrogen-bond acceptors (Lipinski definition) is 5. The predicted molar refractivity (Wildman–Crippen MR) is 67.6 cm³/mol. The Bertz CT molecular complexity index is 578. The summed E-state index contributed by atoms with van der Waals surface area (Å²) in [6.07, 6.45) is 2.96. The van der Waals surface area contributed by atoms with Crippen LogP contribution in [0.4, 0.5) is 4.39 Å². The van der Waals surface area contributed by atoms with Gasteiger partial charge in [-0.1, -0.05) is 6.07 Å². The van der Waals surface area contributed by atoms with Crippen LogP contribution in [0.25, 0.3) is 0 Å². The first-order valence-corrected chi connectivity index (χ1v) is 5.62. The van der Waals surface area contributed by atoms with Crippen molar-refractivity contribution in [2.24, 2.45) is 5.73 Å². The first-order chi connectivity index (χ1) is 9.19. The summed E-state index contributed by atoms with van der Waals surface area (Å²) in [5.74, 6) is 0.167. The Balaban J connectivity index is 2.52. The highest BCUT2D eigenvalue weighted by molar-refractivity contribution is 5.42. The van der Waals surface area contributed by atoms with E-state index in [1.165, 1.54) is 32.7 Å². The van der Waals surface area contributed by atoms with E-state index in [2.05, 4.69) is 9.97 Å². The van der Waals surface area contributed by atoms with Gasteiger partial charge in [-0.25, -0.2) is 9.37 Å². The second-order valence-electron chi connectivity index (χ2n) is 3.78. The molecule has 1 unspecified atom stereocenters. The zero-order valence-electron chi connectivity index (χ0n) is 10.6. The maximum Gasteiger partial charge on any atom is 0.237 e. The summed E-state index contributed by atoms with van der Waals surface area (Å²) >= 11 is 0. The zero-order chi connectivity index (χ0) is 13.8. The Morgan fingerprint density at radius 2 is 1.89 bits per heavy atom. The summed E-state index contributed by atoms with van der Waals surface area (Å²) in [7, 11) is 2.91. The van der Waals surface area contributed by atoms with Crippen LogP contribution in [0.2, 0.25) is 0 Å². The number of benzene rings is 1. The number of methoxy groups -OCH3 is 2. The van der Waals surface area contributed by atoms with Crippen LogP contribution in [0, 0.1) is 5.82 Å². The Labute approximate surface area is 110 Å². The van der Waals surface area contributed by atoms with Gasteiger partial charge in [0.05, 0.1) is 25.8 Å². The second kappa shape index (κ2) is 5.62. The number of ether oxygens (including phenoxy) is 2. The number of nitrogens with two attached hydrogens (primary N) is 1. The lowest BCUT2D eigenvalue weighted by molar-refractivity contribution is 0.382. The van der Waals surface area contributed by atoms with Gasteiger partial charge in [0.25, 0.3) is 0 Å². The zero-order valence-corrected chi connectivity index (χ0v) is 10.6. The van der Waals surface area contributed by atoms with Gasteiger partial charge in [-0.05, 0) is 12.1 Å². The van der Waals surface area contributed by atoms with E-state index in [1.807, 2.05) is 0 Å². The molecular weight excluding hydrogens is 249 g/mol. The summed E-state index contributed by atoms with van der Waals surface area (Å²) in [6.45, 7) is 0. The highest BCUT2D eigenvalue weighted by Crippen LogP contribution is 2.32. The summed E-state index contributed by atoms with van der Waals surface area (Å²) in [6, 6.07) is 3.69. The molecule has 1 aromatic heterocycles.